The maximum atomic E-state index is 10.7. The fraction of sp³-hybridized carbons (Fsp3) is 0.600. The molecule has 0 spiro atoms. The molecule has 4 heteroatoms. The lowest BCUT2D eigenvalue weighted by Gasteiger charge is -2.33. The monoisotopic (exact) mass is 262 g/mol. The minimum atomic E-state index is -0.929. The van der Waals surface area contributed by atoms with E-state index < -0.39 is 5.97 Å². The van der Waals surface area contributed by atoms with E-state index in [1.54, 1.807) is 12.1 Å². The van der Waals surface area contributed by atoms with Gasteiger partial charge in [-0.3, -0.25) is 4.98 Å². The number of nitrogens with one attached hydrogen (secondary N) is 1. The number of hydrogen-bond acceptors (Lipinski definition) is 3. The van der Waals surface area contributed by atoms with Gasteiger partial charge in [-0.25, -0.2) is 4.79 Å². The summed E-state index contributed by atoms with van der Waals surface area (Å²) in [5, 5.41) is 12.4. The highest BCUT2D eigenvalue weighted by Gasteiger charge is 2.24. The van der Waals surface area contributed by atoms with Crippen molar-refractivity contribution in [2.75, 3.05) is 0 Å². The van der Waals surface area contributed by atoms with Crippen LogP contribution in [0.4, 0.5) is 0 Å². The lowest BCUT2D eigenvalue weighted by Crippen LogP contribution is -2.38. The minimum absolute atomic E-state index is 0.239. The predicted molar refractivity (Wildman–Crippen MR) is 74.0 cm³/mol. The molecule has 0 aromatic carbocycles. The van der Waals surface area contributed by atoms with Crippen LogP contribution >= 0.6 is 0 Å². The summed E-state index contributed by atoms with van der Waals surface area (Å²) in [4.78, 5) is 14.9. The summed E-state index contributed by atoms with van der Waals surface area (Å²) >= 11 is 0. The smallest absolute Gasteiger partial charge is 0.337 e. The van der Waals surface area contributed by atoms with Crippen LogP contribution < -0.4 is 5.32 Å². The average molecular weight is 262 g/mol. The molecular weight excluding hydrogens is 240 g/mol. The number of carboxylic acid groups (broad SMARTS) is 1. The molecular formula is C15H22N2O2. The summed E-state index contributed by atoms with van der Waals surface area (Å²) in [6.45, 7) is 5.33. The minimum Gasteiger partial charge on any atom is -0.478 e. The third kappa shape index (κ3) is 3.77. The van der Waals surface area contributed by atoms with Gasteiger partial charge in [0, 0.05) is 18.8 Å². The predicted octanol–water partition coefficient (Wildman–Crippen LogP) is 2.69. The number of carbonyl (C=O) groups is 1. The molecule has 1 heterocycles. The quantitative estimate of drug-likeness (QED) is 0.875. The first-order chi connectivity index (χ1) is 9.06. The van der Waals surface area contributed by atoms with Crippen LogP contribution in [0.2, 0.25) is 0 Å². The molecule has 104 valence electrons. The summed E-state index contributed by atoms with van der Waals surface area (Å²) in [6, 6.07) is 3.95. The summed E-state index contributed by atoms with van der Waals surface area (Å²) < 4.78 is 0. The second-order valence-corrected chi connectivity index (χ2v) is 5.73. The lowest BCUT2D eigenvalue weighted by atomic mass is 9.80. The SMILES string of the molecule is CC1CCC(NCc2ccc(C(=O)O)cn2)C(C)C1. The van der Waals surface area contributed by atoms with Gasteiger partial charge < -0.3 is 10.4 Å². The van der Waals surface area contributed by atoms with Crippen LogP contribution in [0.15, 0.2) is 18.3 Å². The average Bonchev–Trinajstić information content (AvgIpc) is 2.38. The second kappa shape index (κ2) is 6.15. The Kier molecular flexibility index (Phi) is 4.53. The molecule has 0 amide bonds. The van der Waals surface area contributed by atoms with Gasteiger partial charge in [-0.05, 0) is 43.2 Å². The number of aromatic carboxylic acids is 1. The Hall–Kier alpha value is -1.42. The highest BCUT2D eigenvalue weighted by atomic mass is 16.4. The topological polar surface area (TPSA) is 62.2 Å². The molecule has 3 unspecified atom stereocenters. The van der Waals surface area contributed by atoms with Crippen molar-refractivity contribution in [3.63, 3.8) is 0 Å². The van der Waals surface area contributed by atoms with Crippen LogP contribution in [0, 0.1) is 11.8 Å². The molecule has 0 radical (unpaired) electrons. The van der Waals surface area contributed by atoms with Gasteiger partial charge >= 0.3 is 5.97 Å². The van der Waals surface area contributed by atoms with E-state index in [9.17, 15) is 4.79 Å². The van der Waals surface area contributed by atoms with Gasteiger partial charge in [-0.1, -0.05) is 13.8 Å². The fourth-order valence-electron chi connectivity index (χ4n) is 2.86. The normalized spacial score (nSPS) is 27.2. The van der Waals surface area contributed by atoms with Gasteiger partial charge in [0.1, 0.15) is 0 Å². The fourth-order valence-corrected chi connectivity index (χ4v) is 2.86. The number of nitrogens with zero attached hydrogens (tertiary/aromatic N) is 1. The van der Waals surface area contributed by atoms with Gasteiger partial charge in [0.15, 0.2) is 0 Å². The van der Waals surface area contributed by atoms with Crippen molar-refractivity contribution in [2.24, 2.45) is 11.8 Å². The molecule has 0 aliphatic heterocycles. The first-order valence-electron chi connectivity index (χ1n) is 6.98. The molecule has 19 heavy (non-hydrogen) atoms. The number of pyridine rings is 1. The first kappa shape index (κ1) is 14.0. The Morgan fingerprint density at radius 1 is 1.42 bits per heavy atom. The van der Waals surface area contributed by atoms with Crippen LogP contribution in [0.5, 0.6) is 0 Å². The molecule has 1 aromatic heterocycles. The molecule has 2 rings (SSSR count). The van der Waals surface area contributed by atoms with Crippen LogP contribution in [0.25, 0.3) is 0 Å². The Labute approximate surface area is 114 Å². The largest absolute Gasteiger partial charge is 0.478 e. The maximum absolute atomic E-state index is 10.7. The van der Waals surface area contributed by atoms with Gasteiger partial charge in [0.25, 0.3) is 0 Å². The van der Waals surface area contributed by atoms with Crippen molar-refractivity contribution in [3.05, 3.63) is 29.6 Å². The van der Waals surface area contributed by atoms with E-state index >= 15 is 0 Å². The third-order valence-electron chi connectivity index (χ3n) is 4.05. The Bertz CT molecular complexity index is 430. The van der Waals surface area contributed by atoms with Crippen LogP contribution in [-0.2, 0) is 6.54 Å². The zero-order valence-corrected chi connectivity index (χ0v) is 11.6. The van der Waals surface area contributed by atoms with Crippen LogP contribution in [-0.4, -0.2) is 22.1 Å². The van der Waals surface area contributed by atoms with Crippen molar-refractivity contribution in [1.82, 2.24) is 10.3 Å². The Balaban J connectivity index is 1.86. The van der Waals surface area contributed by atoms with Crippen molar-refractivity contribution in [2.45, 2.75) is 45.7 Å². The molecule has 1 aliphatic rings. The summed E-state index contributed by atoms with van der Waals surface area (Å²) in [5.74, 6) is 0.602. The summed E-state index contributed by atoms with van der Waals surface area (Å²) in [7, 11) is 0. The number of carboxylic acids is 1. The molecule has 0 saturated heterocycles. The standard InChI is InChI=1S/C15H22N2O2/c1-10-3-6-14(11(2)7-10)17-9-13-5-4-12(8-16-13)15(18)19/h4-5,8,10-11,14,17H,3,6-7,9H2,1-2H3,(H,18,19). The van der Waals surface area contributed by atoms with Gasteiger partial charge in [-0.2, -0.15) is 0 Å². The van der Waals surface area contributed by atoms with E-state index in [2.05, 4.69) is 24.1 Å². The Morgan fingerprint density at radius 3 is 2.79 bits per heavy atom. The van der Waals surface area contributed by atoms with Gasteiger partial charge in [-0.15, -0.1) is 0 Å². The van der Waals surface area contributed by atoms with E-state index in [1.807, 2.05) is 0 Å². The number of hydrogen-bond donors (Lipinski definition) is 2. The van der Waals surface area contributed by atoms with E-state index in [4.69, 9.17) is 5.11 Å². The van der Waals surface area contributed by atoms with Crippen molar-refractivity contribution in [1.29, 1.82) is 0 Å². The summed E-state index contributed by atoms with van der Waals surface area (Å²) in [5.41, 5.74) is 1.14. The molecule has 1 aromatic rings. The van der Waals surface area contributed by atoms with Gasteiger partial charge in [0.2, 0.25) is 0 Å². The molecule has 1 fully saturated rings. The first-order valence-corrected chi connectivity index (χ1v) is 6.98. The molecule has 4 nitrogen and oxygen atoms in total. The zero-order chi connectivity index (χ0) is 13.8. The third-order valence-corrected chi connectivity index (χ3v) is 4.05. The molecule has 2 N–H and O–H groups in total. The van der Waals surface area contributed by atoms with Crippen LogP contribution in [0.3, 0.4) is 0 Å². The second-order valence-electron chi connectivity index (χ2n) is 5.73. The van der Waals surface area contributed by atoms with Crippen molar-refractivity contribution < 1.29 is 9.90 Å². The highest BCUT2D eigenvalue weighted by molar-refractivity contribution is 5.87. The number of aromatic nitrogens is 1. The summed E-state index contributed by atoms with van der Waals surface area (Å²) in [6.07, 6.45) is 5.21. The van der Waals surface area contributed by atoms with Crippen molar-refractivity contribution >= 4 is 5.97 Å². The van der Waals surface area contributed by atoms with E-state index in [1.165, 1.54) is 25.5 Å². The Morgan fingerprint density at radius 2 is 2.21 bits per heavy atom. The van der Waals surface area contributed by atoms with E-state index in [-0.39, 0.29) is 5.56 Å². The maximum Gasteiger partial charge on any atom is 0.337 e. The molecule has 1 saturated carbocycles. The van der Waals surface area contributed by atoms with Crippen molar-refractivity contribution in [3.8, 4) is 0 Å². The molecule has 3 atom stereocenters. The molecule has 1 aliphatic carbocycles. The number of rotatable bonds is 4. The van der Waals surface area contributed by atoms with E-state index in [0.29, 0.717) is 18.5 Å². The van der Waals surface area contributed by atoms with E-state index in [0.717, 1.165) is 11.6 Å². The lowest BCUT2D eigenvalue weighted by molar-refractivity contribution is 0.0696. The highest BCUT2D eigenvalue weighted by Crippen LogP contribution is 2.28. The van der Waals surface area contributed by atoms with Crippen LogP contribution in [0.1, 0.15) is 49.2 Å². The van der Waals surface area contributed by atoms with Gasteiger partial charge in [0.05, 0.1) is 11.3 Å². The molecule has 0 bridgehead atoms. The zero-order valence-electron chi connectivity index (χ0n) is 11.6.